The van der Waals surface area contributed by atoms with E-state index in [1.165, 1.54) is 0 Å². The predicted molar refractivity (Wildman–Crippen MR) is 72.8 cm³/mol. The van der Waals surface area contributed by atoms with Crippen LogP contribution in [0.4, 0.5) is 0 Å². The first-order valence-corrected chi connectivity index (χ1v) is 8.25. The maximum absolute atomic E-state index is 11.8. The molecule has 0 saturated heterocycles. The molecule has 1 aromatic carbocycles. The van der Waals surface area contributed by atoms with Gasteiger partial charge in [-0.05, 0) is 36.9 Å². The summed E-state index contributed by atoms with van der Waals surface area (Å²) in [6.07, 6.45) is 2.70. The number of rotatable bonds is 7. The van der Waals surface area contributed by atoms with Crippen LogP contribution in [-0.2, 0) is 16.4 Å². The van der Waals surface area contributed by atoms with Gasteiger partial charge in [-0.2, -0.15) is 11.8 Å². The minimum atomic E-state index is -3.36. The average Bonchev–Trinajstić information content (AvgIpc) is 2.30. The molecule has 1 aromatic rings. The Labute approximate surface area is 107 Å². The predicted octanol–water partition coefficient (Wildman–Crippen LogP) is 0.829. The number of thioether (sulfide) groups is 1. The lowest BCUT2D eigenvalue weighted by Gasteiger charge is -2.06. The van der Waals surface area contributed by atoms with Crippen LogP contribution in [0.5, 0.6) is 0 Å². The van der Waals surface area contributed by atoms with Crippen molar-refractivity contribution in [2.45, 2.75) is 11.3 Å². The van der Waals surface area contributed by atoms with Gasteiger partial charge in [0.15, 0.2) is 0 Å². The fourth-order valence-electron chi connectivity index (χ4n) is 1.36. The molecule has 0 aliphatic heterocycles. The Morgan fingerprint density at radius 2 is 1.94 bits per heavy atom. The molecule has 0 atom stereocenters. The molecule has 0 amide bonds. The summed E-state index contributed by atoms with van der Waals surface area (Å²) < 4.78 is 26.2. The molecule has 0 aliphatic carbocycles. The second-order valence-corrected chi connectivity index (χ2v) is 6.33. The molecule has 0 radical (unpaired) electrons. The Morgan fingerprint density at radius 3 is 2.47 bits per heavy atom. The lowest BCUT2D eigenvalue weighted by molar-refractivity contribution is 0.584. The Hall–Kier alpha value is -0.560. The van der Waals surface area contributed by atoms with Crippen molar-refractivity contribution in [2.24, 2.45) is 5.73 Å². The van der Waals surface area contributed by atoms with E-state index in [0.29, 0.717) is 18.0 Å². The van der Waals surface area contributed by atoms with Gasteiger partial charge in [-0.15, -0.1) is 0 Å². The highest BCUT2D eigenvalue weighted by Gasteiger charge is 2.12. The smallest absolute Gasteiger partial charge is 0.240 e. The Kier molecular flexibility index (Phi) is 5.97. The fraction of sp³-hybridized carbons (Fsp3) is 0.455. The van der Waals surface area contributed by atoms with Gasteiger partial charge < -0.3 is 5.73 Å². The van der Waals surface area contributed by atoms with Crippen molar-refractivity contribution >= 4 is 21.8 Å². The zero-order chi connectivity index (χ0) is 12.7. The van der Waals surface area contributed by atoms with E-state index in [-0.39, 0.29) is 0 Å². The van der Waals surface area contributed by atoms with Crippen molar-refractivity contribution in [1.82, 2.24) is 4.72 Å². The van der Waals surface area contributed by atoms with Crippen molar-refractivity contribution in [2.75, 3.05) is 25.1 Å². The minimum Gasteiger partial charge on any atom is -0.330 e. The zero-order valence-electron chi connectivity index (χ0n) is 9.85. The van der Waals surface area contributed by atoms with E-state index < -0.39 is 10.0 Å². The average molecular weight is 274 g/mol. The van der Waals surface area contributed by atoms with Crippen LogP contribution < -0.4 is 10.5 Å². The van der Waals surface area contributed by atoms with E-state index in [0.717, 1.165) is 17.7 Å². The van der Waals surface area contributed by atoms with E-state index in [4.69, 9.17) is 5.73 Å². The first-order chi connectivity index (χ1) is 8.10. The van der Waals surface area contributed by atoms with Crippen LogP contribution in [0.15, 0.2) is 29.2 Å². The van der Waals surface area contributed by atoms with Crippen molar-refractivity contribution in [3.05, 3.63) is 29.8 Å². The number of sulfonamides is 1. The van der Waals surface area contributed by atoms with Crippen LogP contribution in [0, 0.1) is 0 Å². The van der Waals surface area contributed by atoms with Crippen LogP contribution in [0.25, 0.3) is 0 Å². The van der Waals surface area contributed by atoms with Gasteiger partial charge in [0.1, 0.15) is 0 Å². The van der Waals surface area contributed by atoms with Gasteiger partial charge in [-0.1, -0.05) is 12.1 Å². The number of hydrogen-bond acceptors (Lipinski definition) is 4. The molecule has 0 aliphatic rings. The van der Waals surface area contributed by atoms with Crippen molar-refractivity contribution in [3.63, 3.8) is 0 Å². The molecule has 0 heterocycles. The molecular formula is C11H18N2O2S2. The fourth-order valence-corrected chi connectivity index (χ4v) is 2.83. The molecule has 6 heteroatoms. The summed E-state index contributed by atoms with van der Waals surface area (Å²) >= 11 is 1.61. The molecule has 0 spiro atoms. The maximum atomic E-state index is 11.8. The monoisotopic (exact) mass is 274 g/mol. The van der Waals surface area contributed by atoms with Gasteiger partial charge in [0.25, 0.3) is 0 Å². The van der Waals surface area contributed by atoms with Crippen molar-refractivity contribution < 1.29 is 8.42 Å². The number of nitrogens with one attached hydrogen (secondary N) is 1. The summed E-state index contributed by atoms with van der Waals surface area (Å²) in [4.78, 5) is 0.305. The van der Waals surface area contributed by atoms with Gasteiger partial charge in [0, 0.05) is 12.3 Å². The third-order valence-corrected chi connectivity index (χ3v) is 4.35. The normalized spacial score (nSPS) is 11.6. The molecule has 96 valence electrons. The van der Waals surface area contributed by atoms with Gasteiger partial charge in [0.2, 0.25) is 10.0 Å². The van der Waals surface area contributed by atoms with E-state index in [1.807, 2.05) is 6.26 Å². The SMILES string of the molecule is CSCCNS(=O)(=O)c1ccc(CCN)cc1. The molecule has 1 rings (SSSR count). The number of hydrogen-bond donors (Lipinski definition) is 2. The largest absolute Gasteiger partial charge is 0.330 e. The van der Waals surface area contributed by atoms with Gasteiger partial charge >= 0.3 is 0 Å². The van der Waals surface area contributed by atoms with Crippen LogP contribution >= 0.6 is 11.8 Å². The quantitative estimate of drug-likeness (QED) is 0.722. The number of benzene rings is 1. The molecule has 0 unspecified atom stereocenters. The van der Waals surface area contributed by atoms with Gasteiger partial charge in [-0.25, -0.2) is 13.1 Å². The summed E-state index contributed by atoms with van der Waals surface area (Å²) in [5.74, 6) is 0.768. The molecule has 0 aromatic heterocycles. The van der Waals surface area contributed by atoms with Gasteiger partial charge in [-0.3, -0.25) is 0 Å². The summed E-state index contributed by atoms with van der Waals surface area (Å²) in [7, 11) is -3.36. The van der Waals surface area contributed by atoms with E-state index in [9.17, 15) is 8.42 Å². The van der Waals surface area contributed by atoms with Crippen LogP contribution in [0.3, 0.4) is 0 Å². The maximum Gasteiger partial charge on any atom is 0.240 e. The van der Waals surface area contributed by atoms with E-state index in [2.05, 4.69) is 4.72 Å². The lowest BCUT2D eigenvalue weighted by atomic mass is 10.2. The first-order valence-electron chi connectivity index (χ1n) is 5.38. The topological polar surface area (TPSA) is 72.2 Å². The molecular weight excluding hydrogens is 256 g/mol. The van der Waals surface area contributed by atoms with Gasteiger partial charge in [0.05, 0.1) is 4.90 Å². The second-order valence-electron chi connectivity index (χ2n) is 3.57. The second kappa shape index (κ2) is 7.00. The summed E-state index contributed by atoms with van der Waals surface area (Å²) in [6, 6.07) is 6.84. The molecule has 3 N–H and O–H groups in total. The summed E-state index contributed by atoms with van der Waals surface area (Å²) in [5.41, 5.74) is 6.48. The van der Waals surface area contributed by atoms with Crippen molar-refractivity contribution in [3.8, 4) is 0 Å². The standard InChI is InChI=1S/C11H18N2O2S2/c1-16-9-8-13-17(14,15)11-4-2-10(3-5-11)6-7-12/h2-5,13H,6-9,12H2,1H3. The zero-order valence-corrected chi connectivity index (χ0v) is 11.5. The highest BCUT2D eigenvalue weighted by molar-refractivity contribution is 7.98. The van der Waals surface area contributed by atoms with Crippen LogP contribution in [0.2, 0.25) is 0 Å². The van der Waals surface area contributed by atoms with Crippen LogP contribution in [0.1, 0.15) is 5.56 Å². The summed E-state index contributed by atoms with van der Waals surface area (Å²) in [6.45, 7) is 1.02. The molecule has 17 heavy (non-hydrogen) atoms. The van der Waals surface area contributed by atoms with Crippen LogP contribution in [-0.4, -0.2) is 33.5 Å². The highest BCUT2D eigenvalue weighted by atomic mass is 32.2. The Bertz CT molecular complexity index is 429. The van der Waals surface area contributed by atoms with Crippen molar-refractivity contribution in [1.29, 1.82) is 0 Å². The molecule has 0 bridgehead atoms. The number of nitrogens with two attached hydrogens (primary N) is 1. The third kappa shape index (κ3) is 4.67. The third-order valence-electron chi connectivity index (χ3n) is 2.26. The molecule has 0 saturated carbocycles. The Balaban J connectivity index is 2.71. The lowest BCUT2D eigenvalue weighted by Crippen LogP contribution is -2.25. The minimum absolute atomic E-state index is 0.305. The van der Waals surface area contributed by atoms with E-state index in [1.54, 1.807) is 36.0 Å². The molecule has 0 fully saturated rings. The van der Waals surface area contributed by atoms with E-state index >= 15 is 0 Å². The molecule has 4 nitrogen and oxygen atoms in total. The summed E-state index contributed by atoms with van der Waals surface area (Å²) in [5, 5.41) is 0. The highest BCUT2D eigenvalue weighted by Crippen LogP contribution is 2.10. The first kappa shape index (κ1) is 14.5. The Morgan fingerprint density at radius 1 is 1.29 bits per heavy atom.